The normalized spacial score (nSPS) is 34.2. The summed E-state index contributed by atoms with van der Waals surface area (Å²) in [5.74, 6) is 3.30. The minimum atomic E-state index is -0.535. The molecule has 4 bridgehead atoms. The first kappa shape index (κ1) is 33.6. The van der Waals surface area contributed by atoms with Gasteiger partial charge in [-0.1, -0.05) is 50.7 Å². The number of benzene rings is 2. The van der Waals surface area contributed by atoms with E-state index in [-0.39, 0.29) is 10.8 Å². The second-order valence-electron chi connectivity index (χ2n) is 18.5. The molecule has 2 aromatic carbocycles. The topological polar surface area (TPSA) is 59.1 Å². The van der Waals surface area contributed by atoms with Gasteiger partial charge in [0.25, 0.3) is 0 Å². The van der Waals surface area contributed by atoms with Gasteiger partial charge in [0, 0.05) is 48.2 Å². The zero-order chi connectivity index (χ0) is 34.9. The van der Waals surface area contributed by atoms with E-state index >= 15 is 0 Å². The van der Waals surface area contributed by atoms with Crippen molar-refractivity contribution in [1.29, 1.82) is 0 Å². The van der Waals surface area contributed by atoms with Crippen molar-refractivity contribution in [2.75, 3.05) is 26.2 Å². The molecule has 276 valence electrons. The predicted octanol–water partition coefficient (Wildman–Crippen LogP) is 8.47. The lowest BCUT2D eigenvalue weighted by Gasteiger charge is -2.59. The van der Waals surface area contributed by atoms with E-state index in [9.17, 15) is 9.59 Å². The molecule has 6 nitrogen and oxygen atoms in total. The Bertz CT molecular complexity index is 1620. The van der Waals surface area contributed by atoms with Crippen LogP contribution in [-0.4, -0.2) is 60.0 Å². The van der Waals surface area contributed by atoms with Crippen LogP contribution in [0, 0.1) is 23.7 Å². The largest absolute Gasteiger partial charge is 0.423 e. The van der Waals surface area contributed by atoms with Crippen molar-refractivity contribution in [2.24, 2.45) is 23.7 Å². The molecule has 8 aliphatic rings. The van der Waals surface area contributed by atoms with Gasteiger partial charge in [0.15, 0.2) is 0 Å². The highest BCUT2D eigenvalue weighted by Gasteiger charge is 2.55. The number of piperidine rings is 2. The molecule has 4 saturated carbocycles. The molecule has 0 N–H and O–H groups in total. The Labute approximate surface area is 310 Å². The summed E-state index contributed by atoms with van der Waals surface area (Å²) in [5, 5.41) is 0. The van der Waals surface area contributed by atoms with Gasteiger partial charge in [-0.2, -0.15) is 0 Å². The summed E-state index contributed by atoms with van der Waals surface area (Å²) in [6, 6.07) is 14.0. The van der Waals surface area contributed by atoms with E-state index in [0.717, 1.165) is 24.7 Å². The van der Waals surface area contributed by atoms with Gasteiger partial charge < -0.3 is 9.47 Å². The van der Waals surface area contributed by atoms with E-state index in [0.29, 0.717) is 35.4 Å². The van der Waals surface area contributed by atoms with Gasteiger partial charge in [-0.15, -0.1) is 0 Å². The summed E-state index contributed by atoms with van der Waals surface area (Å²) in [6.07, 6.45) is 25.9. The summed E-state index contributed by atoms with van der Waals surface area (Å²) < 4.78 is 11.7. The second-order valence-corrected chi connectivity index (χ2v) is 18.5. The molecule has 2 saturated heterocycles. The molecular formula is C46H58N2O4. The third-order valence-corrected chi connectivity index (χ3v) is 16.1. The lowest BCUT2D eigenvalue weighted by atomic mass is 9.52. The van der Waals surface area contributed by atoms with Gasteiger partial charge in [-0.3, -0.25) is 9.80 Å². The zero-order valence-electron chi connectivity index (χ0n) is 31.2. The Morgan fingerprint density at radius 1 is 0.596 bits per heavy atom. The van der Waals surface area contributed by atoms with E-state index < -0.39 is 11.9 Å². The van der Waals surface area contributed by atoms with Crippen LogP contribution in [-0.2, 0) is 33.3 Å². The smallest absolute Gasteiger partial charge is 0.336 e. The Kier molecular flexibility index (Phi) is 8.66. The molecular weight excluding hydrogens is 645 g/mol. The number of likely N-dealkylation sites (tertiary alicyclic amines) is 2. The summed E-state index contributed by atoms with van der Waals surface area (Å²) in [5.41, 5.74) is 6.14. The van der Waals surface area contributed by atoms with Gasteiger partial charge in [0.05, 0.1) is 0 Å². The lowest BCUT2D eigenvalue weighted by molar-refractivity contribution is -0.131. The number of ether oxygens (including phenoxy) is 2. The Balaban J connectivity index is 0.811. The summed E-state index contributed by atoms with van der Waals surface area (Å²) in [7, 11) is 0. The van der Waals surface area contributed by atoms with Gasteiger partial charge in [0.2, 0.25) is 0 Å². The summed E-state index contributed by atoms with van der Waals surface area (Å²) in [4.78, 5) is 31.8. The Hall–Kier alpha value is -2.96. The fourth-order valence-electron chi connectivity index (χ4n) is 13.2. The molecule has 52 heavy (non-hydrogen) atoms. The molecule has 0 radical (unpaired) electrons. The molecule has 0 unspecified atom stereocenters. The van der Waals surface area contributed by atoms with Crippen LogP contribution in [0.5, 0.6) is 11.5 Å². The maximum atomic E-state index is 13.1. The van der Waals surface area contributed by atoms with Crippen molar-refractivity contribution >= 4 is 11.9 Å². The highest BCUT2D eigenvalue weighted by molar-refractivity contribution is 5.93. The van der Waals surface area contributed by atoms with Crippen LogP contribution in [0.2, 0.25) is 0 Å². The first-order valence-corrected chi connectivity index (χ1v) is 21.3. The molecule has 6 heteroatoms. The van der Waals surface area contributed by atoms with E-state index in [1.54, 1.807) is 0 Å². The number of nitrogens with zero attached hydrogens (tertiary/aromatic N) is 2. The van der Waals surface area contributed by atoms with Crippen molar-refractivity contribution in [3.05, 3.63) is 70.8 Å². The van der Waals surface area contributed by atoms with Crippen LogP contribution in [0.15, 0.2) is 48.6 Å². The van der Waals surface area contributed by atoms with Crippen LogP contribution in [0.4, 0.5) is 0 Å². The van der Waals surface area contributed by atoms with Crippen LogP contribution in [0.1, 0.15) is 125 Å². The standard InChI is InChI=1S/C46H58N2O4/c49-43(51-35-15-13-33-25-41-37-11-1-3-19-45(37,39(33)27-35)21-23-47(41)29-31-7-5-8-31)17-18-44(50)52-36-16-14-34-26-42-38-12-2-4-20-46(38,40(34)28-36)22-24-48(42)30-32-9-6-10-32/h13-18,27-28,31-32,37-38,41-42H,1-12,19-26,29-30H2/b18-17+/t37-,38-,41-,42-,45-,46-/m0/s1. The average Bonchev–Trinajstić information content (AvgIpc) is 3.12. The van der Waals surface area contributed by atoms with Crippen LogP contribution in [0.3, 0.4) is 0 Å². The first-order valence-electron chi connectivity index (χ1n) is 21.3. The number of fused-ring (bicyclic) bond motifs is 2. The molecule has 0 aromatic heterocycles. The summed E-state index contributed by atoms with van der Waals surface area (Å²) >= 11 is 0. The first-order chi connectivity index (χ1) is 25.5. The van der Waals surface area contributed by atoms with Crippen molar-refractivity contribution in [2.45, 2.75) is 138 Å². The number of hydrogen-bond donors (Lipinski definition) is 0. The molecule has 6 fully saturated rings. The Morgan fingerprint density at radius 3 is 1.48 bits per heavy atom. The number of hydrogen-bond acceptors (Lipinski definition) is 6. The van der Waals surface area contributed by atoms with Gasteiger partial charge in [-0.05, 0) is 160 Å². The number of carbonyl (C=O) groups excluding carboxylic acids is 2. The quantitative estimate of drug-likeness (QED) is 0.156. The minimum Gasteiger partial charge on any atom is -0.423 e. The third-order valence-electron chi connectivity index (χ3n) is 16.1. The van der Waals surface area contributed by atoms with Crippen LogP contribution < -0.4 is 9.47 Å². The van der Waals surface area contributed by atoms with Crippen molar-refractivity contribution in [3.8, 4) is 11.5 Å². The third kappa shape index (κ3) is 5.72. The molecule has 6 aliphatic carbocycles. The fraction of sp³-hybridized carbons (Fsp3) is 0.652. The SMILES string of the molecule is O=C(/C=C/C(=O)Oc1ccc2c(c1)[C@]13CCCC[C@H]1[C@H](C2)N(CC1CCC1)CC3)Oc1ccc2c(c1)[C@]13CCCC[C@H]1[C@H](C2)N(CC1CCC1)CC3. The Morgan fingerprint density at radius 2 is 1.06 bits per heavy atom. The molecule has 2 heterocycles. The van der Waals surface area contributed by atoms with Crippen molar-refractivity contribution in [3.63, 3.8) is 0 Å². The van der Waals surface area contributed by atoms with Gasteiger partial charge in [0.1, 0.15) is 11.5 Å². The average molecular weight is 703 g/mol. The fourth-order valence-corrected chi connectivity index (χ4v) is 13.2. The maximum Gasteiger partial charge on any atom is 0.336 e. The molecule has 2 aliphatic heterocycles. The van der Waals surface area contributed by atoms with E-state index in [1.165, 1.54) is 163 Å². The molecule has 0 amide bonds. The highest BCUT2D eigenvalue weighted by Crippen LogP contribution is 2.58. The van der Waals surface area contributed by atoms with Crippen molar-refractivity contribution < 1.29 is 19.1 Å². The number of rotatable bonds is 8. The second kappa shape index (κ2) is 13.4. The molecule has 2 aromatic rings. The molecule has 0 spiro atoms. The van der Waals surface area contributed by atoms with Gasteiger partial charge in [-0.25, -0.2) is 9.59 Å². The van der Waals surface area contributed by atoms with Crippen molar-refractivity contribution in [1.82, 2.24) is 9.80 Å². The van der Waals surface area contributed by atoms with E-state index in [2.05, 4.69) is 34.1 Å². The van der Waals surface area contributed by atoms with Crippen LogP contribution in [0.25, 0.3) is 0 Å². The van der Waals surface area contributed by atoms with E-state index in [4.69, 9.17) is 9.47 Å². The monoisotopic (exact) mass is 702 g/mol. The highest BCUT2D eigenvalue weighted by atomic mass is 16.5. The summed E-state index contributed by atoms with van der Waals surface area (Å²) in [6.45, 7) is 4.95. The maximum absolute atomic E-state index is 13.1. The predicted molar refractivity (Wildman–Crippen MR) is 203 cm³/mol. The van der Waals surface area contributed by atoms with Gasteiger partial charge >= 0.3 is 11.9 Å². The lowest BCUT2D eigenvalue weighted by Crippen LogP contribution is -2.61. The van der Waals surface area contributed by atoms with Crippen LogP contribution >= 0.6 is 0 Å². The van der Waals surface area contributed by atoms with E-state index in [1.807, 2.05) is 12.1 Å². The number of esters is 2. The molecule has 10 rings (SSSR count). The number of carbonyl (C=O) groups is 2. The minimum absolute atomic E-state index is 0.203. The zero-order valence-corrected chi connectivity index (χ0v) is 31.2. The molecule has 6 atom stereocenters.